The highest BCUT2D eigenvalue weighted by atomic mass is 31.2. The number of aliphatic hydroxyl groups is 2. The van der Waals surface area contributed by atoms with Gasteiger partial charge in [-0.2, -0.15) is 0 Å². The molecule has 0 aromatic carbocycles. The molecule has 0 aliphatic heterocycles. The Morgan fingerprint density at radius 2 is 0.639 bits per heavy atom. The van der Waals surface area contributed by atoms with Crippen LogP contribution in [-0.4, -0.2) is 95.9 Å². The molecule has 0 saturated carbocycles. The van der Waals surface area contributed by atoms with E-state index >= 15 is 0 Å². The second kappa shape index (κ2) is 58.6. The zero-order valence-corrected chi connectivity index (χ0v) is 52.9. The Morgan fingerprint density at radius 1 is 0.349 bits per heavy atom. The van der Waals surface area contributed by atoms with Crippen LogP contribution < -0.4 is 0 Å². The molecule has 0 aromatic rings. The molecule has 16 nitrogen and oxygen atoms in total. The molecule has 18 heteroatoms. The molecule has 5 unspecified atom stereocenters. The number of allylic oxidation sites excluding steroid dienone is 18. The van der Waals surface area contributed by atoms with Gasteiger partial charge in [0.05, 0.1) is 26.4 Å². The molecule has 4 N–H and O–H groups in total. The van der Waals surface area contributed by atoms with E-state index in [0.717, 1.165) is 128 Å². The predicted molar refractivity (Wildman–Crippen MR) is 334 cm³/mol. The number of aliphatic hydroxyl groups excluding tert-OH is 2. The summed E-state index contributed by atoms with van der Waals surface area (Å²) in [5.41, 5.74) is 0. The van der Waals surface area contributed by atoms with Gasteiger partial charge in [0.15, 0.2) is 6.10 Å². The minimum atomic E-state index is -4.92. The Labute approximate surface area is 500 Å². The van der Waals surface area contributed by atoms with Crippen LogP contribution in [0, 0.1) is 0 Å². The maximum atomic E-state index is 12.8. The summed E-state index contributed by atoms with van der Waals surface area (Å²) in [4.78, 5) is 58.1. The van der Waals surface area contributed by atoms with Crippen molar-refractivity contribution >= 4 is 33.6 Å². The highest BCUT2D eigenvalue weighted by Crippen LogP contribution is 2.45. The Kier molecular flexibility index (Phi) is 55.9. The van der Waals surface area contributed by atoms with Crippen LogP contribution in [0.1, 0.15) is 226 Å². The second-order valence-electron chi connectivity index (χ2n) is 20.5. The van der Waals surface area contributed by atoms with Gasteiger partial charge in [-0.25, -0.2) is 9.13 Å². The van der Waals surface area contributed by atoms with Crippen LogP contribution in [-0.2, 0) is 55.8 Å². The van der Waals surface area contributed by atoms with E-state index in [1.54, 1.807) is 0 Å². The molecule has 0 fully saturated rings. The first-order valence-electron chi connectivity index (χ1n) is 31.2. The molecule has 0 heterocycles. The zero-order valence-electron chi connectivity index (χ0n) is 51.1. The first-order valence-corrected chi connectivity index (χ1v) is 34.2. The van der Waals surface area contributed by atoms with Gasteiger partial charge in [0.1, 0.15) is 25.4 Å². The molecule has 0 rings (SSSR count). The highest BCUT2D eigenvalue weighted by Gasteiger charge is 2.29. The molecule has 0 aliphatic carbocycles. The molecule has 5 atom stereocenters. The van der Waals surface area contributed by atoms with Gasteiger partial charge in [0, 0.05) is 19.3 Å². The summed E-state index contributed by atoms with van der Waals surface area (Å²) in [5, 5.41) is 20.5. The molecule has 0 aliphatic rings. The van der Waals surface area contributed by atoms with Gasteiger partial charge in [-0.05, 0) is 103 Å². The van der Waals surface area contributed by atoms with Crippen molar-refractivity contribution in [2.75, 3.05) is 39.6 Å². The lowest BCUT2D eigenvalue weighted by Gasteiger charge is -2.21. The van der Waals surface area contributed by atoms with Crippen molar-refractivity contribution in [3.8, 4) is 0 Å². The quantitative estimate of drug-likeness (QED) is 0.0146. The first kappa shape index (κ1) is 79.2. The van der Waals surface area contributed by atoms with Crippen molar-refractivity contribution in [3.63, 3.8) is 0 Å². The van der Waals surface area contributed by atoms with Crippen molar-refractivity contribution in [1.82, 2.24) is 0 Å². The highest BCUT2D eigenvalue weighted by molar-refractivity contribution is 7.47. The average Bonchev–Trinajstić information content (AvgIpc) is 3.47. The summed E-state index contributed by atoms with van der Waals surface area (Å²) in [7, 11) is -9.78. The minimum absolute atomic E-state index is 0.0982. The van der Waals surface area contributed by atoms with Crippen molar-refractivity contribution in [2.24, 2.45) is 0 Å². The van der Waals surface area contributed by atoms with Gasteiger partial charge in [-0.1, -0.05) is 214 Å². The molecule has 0 spiro atoms. The van der Waals surface area contributed by atoms with E-state index in [1.807, 2.05) is 0 Å². The third-order valence-electron chi connectivity index (χ3n) is 12.5. The number of carbonyl (C=O) groups excluding carboxylic acids is 3. The lowest BCUT2D eigenvalue weighted by atomic mass is 10.1. The number of unbranched alkanes of at least 4 members (excludes halogenated alkanes) is 17. The number of esters is 3. The van der Waals surface area contributed by atoms with Crippen molar-refractivity contribution in [2.45, 2.75) is 245 Å². The molecule has 0 aromatic heterocycles. The molecule has 0 saturated heterocycles. The van der Waals surface area contributed by atoms with Crippen molar-refractivity contribution in [1.29, 1.82) is 0 Å². The van der Waals surface area contributed by atoms with Crippen LogP contribution in [0.5, 0.6) is 0 Å². The van der Waals surface area contributed by atoms with E-state index in [2.05, 4.69) is 130 Å². The standard InChI is InChI=1S/C65H110O16P2/c1-4-7-10-13-16-19-22-24-26-28-29-31-33-34-37-39-42-45-48-51-63(68)75-54-60(66)55-77-82(71,72)78-56-61(67)57-79-83(73,74)80-59-62(81-65(70)53-50-47-44-41-36-21-18-15-12-9-6-3)58-76-64(69)52-49-46-43-40-38-35-32-30-27-25-23-20-17-14-11-8-5-2/h7-8,10-11,16-17,19-20,24-27,29,31-32,34-35,37,60-62,66-67H,4-6,9,12-15,18,21-23,28,30,33,36,38-59H2,1-3H3,(H,71,72)(H,73,74)/b10-7-,11-8-,19-16-,20-17-,26-24-,27-25-,31-29-,35-32-,37-34-. The average molecular weight is 1210 g/mol. The summed E-state index contributed by atoms with van der Waals surface area (Å²) in [6.45, 7) is 2.33. The van der Waals surface area contributed by atoms with E-state index < -0.39 is 91.5 Å². The molecule has 83 heavy (non-hydrogen) atoms. The number of hydrogen-bond donors (Lipinski definition) is 4. The van der Waals surface area contributed by atoms with Crippen LogP contribution in [0.15, 0.2) is 109 Å². The summed E-state index contributed by atoms with van der Waals surface area (Å²) < 4.78 is 60.6. The van der Waals surface area contributed by atoms with E-state index in [0.29, 0.717) is 19.3 Å². The minimum Gasteiger partial charge on any atom is -0.463 e. The van der Waals surface area contributed by atoms with E-state index in [1.165, 1.54) is 38.5 Å². The summed E-state index contributed by atoms with van der Waals surface area (Å²) in [5.74, 6) is -1.64. The molecule has 0 amide bonds. The Balaban J connectivity index is 4.68. The number of carbonyl (C=O) groups is 3. The molecule has 476 valence electrons. The largest absolute Gasteiger partial charge is 0.472 e. The van der Waals surface area contributed by atoms with Crippen LogP contribution in [0.3, 0.4) is 0 Å². The summed E-state index contributed by atoms with van der Waals surface area (Å²) in [6, 6.07) is 0. The molecule has 0 bridgehead atoms. The second-order valence-corrected chi connectivity index (χ2v) is 23.4. The number of hydrogen-bond acceptors (Lipinski definition) is 14. The van der Waals surface area contributed by atoms with Gasteiger partial charge >= 0.3 is 33.6 Å². The summed E-state index contributed by atoms with van der Waals surface area (Å²) in [6.07, 6.45) is 63.0. The van der Waals surface area contributed by atoms with E-state index in [-0.39, 0.29) is 19.3 Å². The SMILES string of the molecule is CC/C=C\C/C=C\C/C=C\C/C=C\C/C=C\CCCCCC(=O)OCC(O)COP(=O)(O)OCC(O)COP(=O)(O)OCC(COC(=O)CCCCCC/C=C\C/C=C\C/C=C\C/C=C\CC)OC(=O)CCCCCCCCCCCCC. The Bertz CT molecular complexity index is 1960. The van der Waals surface area contributed by atoms with Gasteiger partial charge < -0.3 is 34.2 Å². The van der Waals surface area contributed by atoms with Crippen LogP contribution in [0.25, 0.3) is 0 Å². The van der Waals surface area contributed by atoms with Crippen LogP contribution >= 0.6 is 15.6 Å². The molecule has 0 radical (unpaired) electrons. The van der Waals surface area contributed by atoms with Crippen LogP contribution in [0.4, 0.5) is 0 Å². The fourth-order valence-electron chi connectivity index (χ4n) is 7.76. The molecular weight excluding hydrogens is 1100 g/mol. The van der Waals surface area contributed by atoms with Crippen LogP contribution in [0.2, 0.25) is 0 Å². The van der Waals surface area contributed by atoms with Gasteiger partial charge in [-0.3, -0.25) is 32.5 Å². The van der Waals surface area contributed by atoms with Gasteiger partial charge in [-0.15, -0.1) is 0 Å². The lowest BCUT2D eigenvalue weighted by molar-refractivity contribution is -0.161. The number of ether oxygens (including phenoxy) is 3. The maximum absolute atomic E-state index is 12.8. The number of phosphoric ester groups is 2. The predicted octanol–water partition coefficient (Wildman–Crippen LogP) is 16.5. The third kappa shape index (κ3) is 59.7. The normalized spacial score (nSPS) is 15.1. The third-order valence-corrected chi connectivity index (χ3v) is 14.4. The lowest BCUT2D eigenvalue weighted by Crippen LogP contribution is -2.30. The topological polar surface area (TPSA) is 231 Å². The van der Waals surface area contributed by atoms with Crippen molar-refractivity contribution in [3.05, 3.63) is 109 Å². The number of phosphoric acid groups is 2. The van der Waals surface area contributed by atoms with Gasteiger partial charge in [0.25, 0.3) is 0 Å². The van der Waals surface area contributed by atoms with Gasteiger partial charge in [0.2, 0.25) is 0 Å². The fraction of sp³-hybridized carbons (Fsp3) is 0.677. The Hall–Kier alpha value is -3.79. The Morgan fingerprint density at radius 3 is 1.02 bits per heavy atom. The zero-order chi connectivity index (χ0) is 61.0. The van der Waals surface area contributed by atoms with Crippen molar-refractivity contribution < 1.29 is 75.8 Å². The monoisotopic (exact) mass is 1210 g/mol. The summed E-state index contributed by atoms with van der Waals surface area (Å²) >= 11 is 0. The van der Waals surface area contributed by atoms with E-state index in [9.17, 15) is 43.5 Å². The maximum Gasteiger partial charge on any atom is 0.472 e. The first-order chi connectivity index (χ1) is 40.2. The molecular formula is C65H110O16P2. The number of rotatable bonds is 58. The fourth-order valence-corrected chi connectivity index (χ4v) is 9.35. The van der Waals surface area contributed by atoms with E-state index in [4.69, 9.17) is 32.3 Å². The smallest absolute Gasteiger partial charge is 0.463 e.